The average molecular weight is 367 g/mol. The molecule has 1 aromatic rings. The molecular formula is C22H38O4. The van der Waals surface area contributed by atoms with Gasteiger partial charge in [-0.15, -0.1) is 0 Å². The fourth-order valence-corrected chi connectivity index (χ4v) is 2.73. The van der Waals surface area contributed by atoms with E-state index in [0.29, 0.717) is 5.75 Å². The Kier molecular flexibility index (Phi) is 9.75. The number of phenols is 1. The van der Waals surface area contributed by atoms with Crippen molar-refractivity contribution in [1.29, 1.82) is 0 Å². The number of rotatable bonds is 2. The van der Waals surface area contributed by atoms with Gasteiger partial charge in [0.1, 0.15) is 17.1 Å². The second-order valence-electron chi connectivity index (χ2n) is 7.23. The standard InChI is InChI=1S/C14H20O2.C6H12O2.C2H6/c1-8-9(2)13-11(10(3)12(8)15)6-7-14(4,5)16-13;1-4-5(2)6(7)8-3;1-2/h15H,6-7H2,1-5H3;5H,4H2,1-3H3;1-2H3. The molecule has 0 saturated heterocycles. The summed E-state index contributed by atoms with van der Waals surface area (Å²) in [6.07, 6.45) is 2.85. The van der Waals surface area contributed by atoms with Gasteiger partial charge in [0.25, 0.3) is 0 Å². The topological polar surface area (TPSA) is 55.8 Å². The summed E-state index contributed by atoms with van der Waals surface area (Å²) in [7, 11) is 1.41. The number of esters is 1. The maximum atomic E-state index is 10.5. The van der Waals surface area contributed by atoms with E-state index < -0.39 is 0 Å². The largest absolute Gasteiger partial charge is 0.507 e. The van der Waals surface area contributed by atoms with Crippen LogP contribution in [0.3, 0.4) is 0 Å². The minimum atomic E-state index is -0.118. The van der Waals surface area contributed by atoms with Gasteiger partial charge in [-0.25, -0.2) is 0 Å². The number of ether oxygens (including phenoxy) is 2. The molecule has 1 aromatic carbocycles. The minimum Gasteiger partial charge on any atom is -0.507 e. The molecule has 0 aromatic heterocycles. The van der Waals surface area contributed by atoms with Crippen molar-refractivity contribution >= 4 is 5.97 Å². The van der Waals surface area contributed by atoms with Crippen molar-refractivity contribution in [3.8, 4) is 11.5 Å². The van der Waals surface area contributed by atoms with Crippen molar-refractivity contribution in [3.05, 3.63) is 22.3 Å². The Labute approximate surface area is 159 Å². The number of phenolic OH excluding ortho intramolecular Hbond substituents is 1. The Bertz CT molecular complexity index is 603. The van der Waals surface area contributed by atoms with Crippen LogP contribution in [0.25, 0.3) is 0 Å². The molecule has 0 amide bonds. The van der Waals surface area contributed by atoms with Crippen LogP contribution in [0.4, 0.5) is 0 Å². The third-order valence-corrected chi connectivity index (χ3v) is 4.91. The van der Waals surface area contributed by atoms with Crippen LogP contribution >= 0.6 is 0 Å². The first-order valence-electron chi connectivity index (χ1n) is 9.64. The van der Waals surface area contributed by atoms with E-state index in [-0.39, 0.29) is 17.5 Å². The molecule has 0 saturated carbocycles. The molecule has 0 fully saturated rings. The Balaban J connectivity index is 0.000000533. The highest BCUT2D eigenvalue weighted by atomic mass is 16.5. The lowest BCUT2D eigenvalue weighted by atomic mass is 9.88. The molecule has 1 aliphatic heterocycles. The Morgan fingerprint density at radius 3 is 2.15 bits per heavy atom. The van der Waals surface area contributed by atoms with Gasteiger partial charge in [-0.1, -0.05) is 27.7 Å². The van der Waals surface area contributed by atoms with Crippen molar-refractivity contribution in [2.75, 3.05) is 7.11 Å². The van der Waals surface area contributed by atoms with Crippen LogP contribution in [-0.4, -0.2) is 23.8 Å². The maximum Gasteiger partial charge on any atom is 0.308 e. The molecule has 1 N–H and O–H groups in total. The predicted octanol–water partition coefficient (Wildman–Crippen LogP) is 5.65. The summed E-state index contributed by atoms with van der Waals surface area (Å²) in [4.78, 5) is 10.5. The lowest BCUT2D eigenvalue weighted by Gasteiger charge is -2.35. The van der Waals surface area contributed by atoms with E-state index in [2.05, 4.69) is 18.6 Å². The Morgan fingerprint density at radius 1 is 1.19 bits per heavy atom. The predicted molar refractivity (Wildman–Crippen MR) is 108 cm³/mol. The van der Waals surface area contributed by atoms with Crippen molar-refractivity contribution in [2.45, 2.75) is 87.2 Å². The molecule has 2 rings (SSSR count). The van der Waals surface area contributed by atoms with E-state index in [1.807, 2.05) is 48.5 Å². The molecule has 1 heterocycles. The Morgan fingerprint density at radius 2 is 1.73 bits per heavy atom. The Hall–Kier alpha value is -1.71. The van der Waals surface area contributed by atoms with Crippen molar-refractivity contribution in [3.63, 3.8) is 0 Å². The van der Waals surface area contributed by atoms with Crippen LogP contribution in [0.5, 0.6) is 11.5 Å². The normalized spacial score (nSPS) is 15.2. The molecule has 1 unspecified atom stereocenters. The van der Waals surface area contributed by atoms with Crippen LogP contribution in [0.2, 0.25) is 0 Å². The molecule has 150 valence electrons. The number of benzene rings is 1. The molecule has 4 heteroatoms. The van der Waals surface area contributed by atoms with E-state index in [1.54, 1.807) is 0 Å². The van der Waals surface area contributed by atoms with Gasteiger partial charge in [0.15, 0.2) is 0 Å². The van der Waals surface area contributed by atoms with E-state index in [0.717, 1.165) is 41.7 Å². The van der Waals surface area contributed by atoms with E-state index in [4.69, 9.17) is 4.74 Å². The molecule has 1 aliphatic rings. The third-order valence-electron chi connectivity index (χ3n) is 4.91. The summed E-state index contributed by atoms with van der Waals surface area (Å²) in [5, 5.41) is 10.0. The summed E-state index contributed by atoms with van der Waals surface area (Å²) in [5.41, 5.74) is 4.08. The molecule has 4 nitrogen and oxygen atoms in total. The zero-order chi connectivity index (χ0) is 20.7. The van der Waals surface area contributed by atoms with Gasteiger partial charge < -0.3 is 14.6 Å². The number of carbonyl (C=O) groups excluding carboxylic acids is 1. The highest BCUT2D eigenvalue weighted by Crippen LogP contribution is 2.42. The van der Waals surface area contributed by atoms with E-state index in [9.17, 15) is 9.90 Å². The van der Waals surface area contributed by atoms with Gasteiger partial charge in [-0.2, -0.15) is 0 Å². The summed E-state index contributed by atoms with van der Waals surface area (Å²) < 4.78 is 10.5. The third kappa shape index (κ3) is 5.93. The molecule has 1 atom stereocenters. The quantitative estimate of drug-likeness (QED) is 0.687. The van der Waals surface area contributed by atoms with Crippen LogP contribution in [0.15, 0.2) is 0 Å². The van der Waals surface area contributed by atoms with Gasteiger partial charge >= 0.3 is 5.97 Å². The number of aromatic hydroxyl groups is 1. The SMILES string of the molecule is CC.CCC(C)C(=O)OC.Cc1c(C)c2c(c(C)c1O)CCC(C)(C)O2. The number of carbonyl (C=O) groups is 1. The van der Waals surface area contributed by atoms with Crippen molar-refractivity contribution < 1.29 is 19.4 Å². The number of methoxy groups -OCH3 is 1. The van der Waals surface area contributed by atoms with E-state index in [1.165, 1.54) is 12.7 Å². The number of fused-ring (bicyclic) bond motifs is 1. The molecule has 0 spiro atoms. The minimum absolute atomic E-state index is 0.0556. The molecule has 26 heavy (non-hydrogen) atoms. The van der Waals surface area contributed by atoms with Gasteiger partial charge in [-0.05, 0) is 70.6 Å². The van der Waals surface area contributed by atoms with Crippen molar-refractivity contribution in [2.24, 2.45) is 5.92 Å². The fourth-order valence-electron chi connectivity index (χ4n) is 2.73. The first-order valence-corrected chi connectivity index (χ1v) is 9.64. The summed E-state index contributed by atoms with van der Waals surface area (Å²) >= 11 is 0. The first-order chi connectivity index (χ1) is 12.1. The lowest BCUT2D eigenvalue weighted by molar-refractivity contribution is -0.144. The fraction of sp³-hybridized carbons (Fsp3) is 0.682. The number of hydrogen-bond acceptors (Lipinski definition) is 4. The highest BCUT2D eigenvalue weighted by Gasteiger charge is 2.30. The zero-order valence-corrected chi connectivity index (χ0v) is 18.4. The smallest absolute Gasteiger partial charge is 0.308 e. The van der Waals surface area contributed by atoms with Crippen LogP contribution in [0.1, 0.15) is 76.6 Å². The zero-order valence-electron chi connectivity index (χ0n) is 18.4. The number of hydrogen-bond donors (Lipinski definition) is 1. The van der Waals surface area contributed by atoms with Crippen molar-refractivity contribution in [1.82, 2.24) is 0 Å². The molecular weight excluding hydrogens is 328 g/mol. The summed E-state index contributed by atoms with van der Waals surface area (Å²) in [5.74, 6) is 1.36. The maximum absolute atomic E-state index is 10.5. The lowest BCUT2D eigenvalue weighted by Crippen LogP contribution is -2.33. The van der Waals surface area contributed by atoms with Gasteiger partial charge in [0.05, 0.1) is 13.0 Å². The van der Waals surface area contributed by atoms with Gasteiger partial charge in [-0.3, -0.25) is 4.79 Å². The molecule has 0 aliphatic carbocycles. The second-order valence-corrected chi connectivity index (χ2v) is 7.23. The van der Waals surface area contributed by atoms with Crippen LogP contribution < -0.4 is 4.74 Å². The van der Waals surface area contributed by atoms with Crippen LogP contribution in [-0.2, 0) is 16.0 Å². The highest BCUT2D eigenvalue weighted by molar-refractivity contribution is 5.71. The average Bonchev–Trinajstić information content (AvgIpc) is 2.64. The molecule has 0 radical (unpaired) electrons. The van der Waals surface area contributed by atoms with E-state index >= 15 is 0 Å². The molecule has 0 bridgehead atoms. The van der Waals surface area contributed by atoms with Gasteiger partial charge in [0.2, 0.25) is 0 Å². The summed E-state index contributed by atoms with van der Waals surface area (Å²) in [6, 6.07) is 0. The van der Waals surface area contributed by atoms with Crippen LogP contribution in [0, 0.1) is 26.7 Å². The first kappa shape index (κ1) is 24.3. The van der Waals surface area contributed by atoms with Gasteiger partial charge in [0, 0.05) is 5.56 Å². The monoisotopic (exact) mass is 366 g/mol. The second kappa shape index (κ2) is 10.4. The summed E-state index contributed by atoms with van der Waals surface area (Å²) in [6.45, 7) is 18.0.